The monoisotopic (exact) mass is 305 g/mol. The molecular weight excluding hydrogens is 278 g/mol. The first-order valence-electron chi connectivity index (χ1n) is 7.94. The van der Waals surface area contributed by atoms with Gasteiger partial charge in [0.1, 0.15) is 5.60 Å². The first-order valence-corrected chi connectivity index (χ1v) is 7.94. The second-order valence-electron chi connectivity index (χ2n) is 6.94. The molecule has 0 aromatic heterocycles. The lowest BCUT2D eigenvalue weighted by atomic mass is 9.91. The molecule has 1 aliphatic rings. The smallest absolute Gasteiger partial charge is 0.407 e. The minimum absolute atomic E-state index is 0.144. The molecule has 1 aliphatic carbocycles. The third kappa shape index (κ3) is 5.13. The van der Waals surface area contributed by atoms with Crippen molar-refractivity contribution >= 4 is 17.5 Å². The van der Waals surface area contributed by atoms with Crippen LogP contribution in [0.15, 0.2) is 24.3 Å². The molecule has 122 valence electrons. The van der Waals surface area contributed by atoms with Gasteiger partial charge in [-0.1, -0.05) is 12.1 Å². The van der Waals surface area contributed by atoms with Gasteiger partial charge in [0.05, 0.1) is 11.4 Å². The number of carbonyl (C=O) groups excluding carboxylic acids is 1. The molecule has 1 aromatic rings. The van der Waals surface area contributed by atoms with Gasteiger partial charge in [-0.15, -0.1) is 0 Å². The van der Waals surface area contributed by atoms with Crippen LogP contribution in [0.2, 0.25) is 0 Å². The van der Waals surface area contributed by atoms with E-state index in [0.29, 0.717) is 6.04 Å². The first kappa shape index (κ1) is 16.5. The minimum Gasteiger partial charge on any atom is -0.444 e. The van der Waals surface area contributed by atoms with Crippen molar-refractivity contribution in [1.82, 2.24) is 5.32 Å². The normalized spacial score (nSPS) is 22.0. The van der Waals surface area contributed by atoms with Crippen LogP contribution in [0.25, 0.3) is 0 Å². The second kappa shape index (κ2) is 6.90. The van der Waals surface area contributed by atoms with Crippen LogP contribution in [0, 0.1) is 0 Å². The summed E-state index contributed by atoms with van der Waals surface area (Å²) < 4.78 is 5.32. The zero-order valence-electron chi connectivity index (χ0n) is 13.7. The van der Waals surface area contributed by atoms with Crippen molar-refractivity contribution < 1.29 is 9.53 Å². The molecule has 2 atom stereocenters. The molecule has 5 nitrogen and oxygen atoms in total. The van der Waals surface area contributed by atoms with E-state index in [1.807, 2.05) is 45.0 Å². The molecule has 1 aromatic carbocycles. The zero-order chi connectivity index (χ0) is 16.2. The number of nitrogens with two attached hydrogens (primary N) is 1. The highest BCUT2D eigenvalue weighted by atomic mass is 16.6. The molecule has 0 heterocycles. The number of para-hydroxylation sites is 2. The van der Waals surface area contributed by atoms with E-state index in [1.165, 1.54) is 0 Å². The van der Waals surface area contributed by atoms with E-state index in [4.69, 9.17) is 10.5 Å². The van der Waals surface area contributed by atoms with Crippen molar-refractivity contribution in [3.8, 4) is 0 Å². The minimum atomic E-state index is -0.463. The molecule has 0 radical (unpaired) electrons. The number of amides is 1. The summed E-state index contributed by atoms with van der Waals surface area (Å²) in [6.45, 7) is 5.61. The van der Waals surface area contributed by atoms with Gasteiger partial charge in [-0.2, -0.15) is 0 Å². The summed E-state index contributed by atoms with van der Waals surface area (Å²) in [6.07, 6.45) is 3.69. The van der Waals surface area contributed by atoms with Crippen LogP contribution in [-0.4, -0.2) is 23.8 Å². The van der Waals surface area contributed by atoms with Crippen LogP contribution in [0.4, 0.5) is 16.2 Å². The molecule has 1 saturated carbocycles. The summed E-state index contributed by atoms with van der Waals surface area (Å²) >= 11 is 0. The van der Waals surface area contributed by atoms with E-state index in [9.17, 15) is 4.79 Å². The number of ether oxygens (including phenoxy) is 1. The molecule has 2 unspecified atom stereocenters. The fourth-order valence-electron chi connectivity index (χ4n) is 2.77. The Balaban J connectivity index is 1.87. The summed E-state index contributed by atoms with van der Waals surface area (Å²) in [5, 5.41) is 6.46. The van der Waals surface area contributed by atoms with Gasteiger partial charge in [0.15, 0.2) is 0 Å². The summed E-state index contributed by atoms with van der Waals surface area (Å²) in [7, 11) is 0. The van der Waals surface area contributed by atoms with Crippen molar-refractivity contribution in [3.05, 3.63) is 24.3 Å². The largest absolute Gasteiger partial charge is 0.444 e. The number of carbonyl (C=O) groups is 1. The van der Waals surface area contributed by atoms with Crippen molar-refractivity contribution in [2.75, 3.05) is 11.1 Å². The number of hydrogen-bond acceptors (Lipinski definition) is 4. The van der Waals surface area contributed by atoms with E-state index >= 15 is 0 Å². The molecule has 0 spiro atoms. The van der Waals surface area contributed by atoms with Crippen LogP contribution in [0.1, 0.15) is 46.5 Å². The maximum Gasteiger partial charge on any atom is 0.407 e. The summed E-state index contributed by atoms with van der Waals surface area (Å²) in [5.41, 5.74) is 7.22. The second-order valence-corrected chi connectivity index (χ2v) is 6.94. The first-order chi connectivity index (χ1) is 10.3. The molecular formula is C17H27N3O2. The Kier molecular flexibility index (Phi) is 5.16. The summed E-state index contributed by atoms with van der Waals surface area (Å²) in [6, 6.07) is 8.23. The van der Waals surface area contributed by atoms with E-state index < -0.39 is 5.60 Å². The lowest BCUT2D eigenvalue weighted by molar-refractivity contribution is 0.0492. The van der Waals surface area contributed by atoms with Crippen LogP contribution >= 0.6 is 0 Å². The molecule has 5 heteroatoms. The zero-order valence-corrected chi connectivity index (χ0v) is 13.7. The maximum absolute atomic E-state index is 11.9. The molecule has 22 heavy (non-hydrogen) atoms. The number of anilines is 2. The van der Waals surface area contributed by atoms with Crippen molar-refractivity contribution in [3.63, 3.8) is 0 Å². The topological polar surface area (TPSA) is 76.4 Å². The highest BCUT2D eigenvalue weighted by Crippen LogP contribution is 2.25. The van der Waals surface area contributed by atoms with Crippen molar-refractivity contribution in [2.24, 2.45) is 0 Å². The SMILES string of the molecule is CC(C)(C)OC(=O)NC1CCCC(Nc2ccccc2N)C1. The van der Waals surface area contributed by atoms with E-state index in [-0.39, 0.29) is 12.1 Å². The molecule has 0 bridgehead atoms. The molecule has 4 N–H and O–H groups in total. The van der Waals surface area contributed by atoms with Gasteiger partial charge in [0.2, 0.25) is 0 Å². The predicted molar refractivity (Wildman–Crippen MR) is 89.9 cm³/mol. The Labute approximate surface area is 132 Å². The van der Waals surface area contributed by atoms with Gasteiger partial charge in [-0.3, -0.25) is 0 Å². The highest BCUT2D eigenvalue weighted by Gasteiger charge is 2.25. The average molecular weight is 305 g/mol. The lowest BCUT2D eigenvalue weighted by Crippen LogP contribution is -2.43. The molecule has 0 saturated heterocycles. The fraction of sp³-hybridized carbons (Fsp3) is 0.588. The summed E-state index contributed by atoms with van der Waals surface area (Å²) in [4.78, 5) is 11.9. The Morgan fingerprint density at radius 1 is 1.23 bits per heavy atom. The fourth-order valence-corrected chi connectivity index (χ4v) is 2.77. The maximum atomic E-state index is 11.9. The lowest BCUT2D eigenvalue weighted by Gasteiger charge is -2.32. The molecule has 0 aliphatic heterocycles. The van der Waals surface area contributed by atoms with E-state index in [2.05, 4.69) is 10.6 Å². The van der Waals surface area contributed by atoms with Gasteiger partial charge >= 0.3 is 6.09 Å². The number of nitrogens with one attached hydrogen (secondary N) is 2. The van der Waals surface area contributed by atoms with Gasteiger partial charge in [0, 0.05) is 12.1 Å². The van der Waals surface area contributed by atoms with Gasteiger partial charge in [0.25, 0.3) is 0 Å². The van der Waals surface area contributed by atoms with Crippen LogP contribution in [0.3, 0.4) is 0 Å². The number of rotatable bonds is 3. The Hall–Kier alpha value is -1.91. The van der Waals surface area contributed by atoms with Crippen LogP contribution < -0.4 is 16.4 Å². The van der Waals surface area contributed by atoms with Crippen LogP contribution in [0.5, 0.6) is 0 Å². The number of hydrogen-bond donors (Lipinski definition) is 3. The van der Waals surface area contributed by atoms with E-state index in [0.717, 1.165) is 37.1 Å². The van der Waals surface area contributed by atoms with Gasteiger partial charge < -0.3 is 21.1 Å². The predicted octanol–water partition coefficient (Wildman–Crippen LogP) is 3.52. The molecule has 1 fully saturated rings. The average Bonchev–Trinajstić information content (AvgIpc) is 2.39. The molecule has 1 amide bonds. The van der Waals surface area contributed by atoms with E-state index in [1.54, 1.807) is 0 Å². The molecule has 2 rings (SSSR count). The van der Waals surface area contributed by atoms with Crippen molar-refractivity contribution in [1.29, 1.82) is 0 Å². The Morgan fingerprint density at radius 3 is 2.59 bits per heavy atom. The Morgan fingerprint density at radius 2 is 1.91 bits per heavy atom. The van der Waals surface area contributed by atoms with Crippen LogP contribution in [-0.2, 0) is 4.74 Å². The third-order valence-corrected chi connectivity index (χ3v) is 3.72. The Bertz CT molecular complexity index is 511. The highest BCUT2D eigenvalue weighted by molar-refractivity contribution is 5.68. The number of alkyl carbamates (subject to hydrolysis) is 1. The third-order valence-electron chi connectivity index (χ3n) is 3.72. The number of benzene rings is 1. The standard InChI is InChI=1S/C17H27N3O2/c1-17(2,3)22-16(21)20-13-8-6-7-12(11-13)19-15-10-5-4-9-14(15)18/h4-5,9-10,12-13,19H,6-8,11,18H2,1-3H3,(H,20,21). The quantitative estimate of drug-likeness (QED) is 0.747. The van der Waals surface area contributed by atoms with Gasteiger partial charge in [-0.05, 0) is 58.6 Å². The summed E-state index contributed by atoms with van der Waals surface area (Å²) in [5.74, 6) is 0. The van der Waals surface area contributed by atoms with Crippen molar-refractivity contribution in [2.45, 2.75) is 64.1 Å². The van der Waals surface area contributed by atoms with Gasteiger partial charge in [-0.25, -0.2) is 4.79 Å². The number of nitrogen functional groups attached to an aromatic ring is 1.